The van der Waals surface area contributed by atoms with E-state index in [1.807, 2.05) is 5.19 Å². The van der Waals surface area contributed by atoms with E-state index in [1.54, 1.807) is 30.8 Å². The van der Waals surface area contributed by atoms with E-state index in [9.17, 15) is 0 Å². The number of halogens is 2. The van der Waals surface area contributed by atoms with Gasteiger partial charge in [0.2, 0.25) is 0 Å². The summed E-state index contributed by atoms with van der Waals surface area (Å²) in [4.78, 5) is 0. The van der Waals surface area contributed by atoms with Crippen molar-refractivity contribution in [3.8, 4) is 11.1 Å². The summed E-state index contributed by atoms with van der Waals surface area (Å²) in [5, 5.41) is 3.67. The Hall–Kier alpha value is -0.196. The molecule has 0 aromatic heterocycles. The van der Waals surface area contributed by atoms with Gasteiger partial charge in [0.15, 0.2) is 0 Å². The topological polar surface area (TPSA) is 0 Å². The molecule has 2 aliphatic carbocycles. The maximum absolute atomic E-state index is 2.66. The predicted molar refractivity (Wildman–Crippen MR) is 110 cm³/mol. The van der Waals surface area contributed by atoms with E-state index in [1.165, 1.54) is 6.42 Å². The minimum atomic E-state index is -1.26. The number of hydrogen-bond acceptors (Lipinski definition) is 0. The Labute approximate surface area is 188 Å². The van der Waals surface area contributed by atoms with Crippen LogP contribution in [0.25, 0.3) is 11.1 Å². The Morgan fingerprint density at radius 1 is 0.889 bits per heavy atom. The minimum absolute atomic E-state index is 0. The summed E-state index contributed by atoms with van der Waals surface area (Å²) in [7, 11) is -2.44. The van der Waals surface area contributed by atoms with Crippen LogP contribution < -0.4 is 35.2 Å². The third-order valence-electron chi connectivity index (χ3n) is 7.06. The third kappa shape index (κ3) is 2.84. The fraction of sp³-hybridized carbons (Fsp3) is 0.273. The van der Waals surface area contributed by atoms with Crippen LogP contribution in [0.1, 0.15) is 21.2 Å². The first-order valence-electron chi connectivity index (χ1n) is 9.32. The molecule has 0 fully saturated rings. The van der Waals surface area contributed by atoms with Crippen LogP contribution in [0.3, 0.4) is 0 Å². The standard InChI is InChI=1S/C17H19Si2.C5H5.2ClH.Hf/c1-18(2)16-10-9-14-13-8-6-5-7-12(13)11-15(14)17(16)19(18,3)4;1-2-4-5-3-1;;;/h5-11H,1-4H3;1-3H,4H2;2*1H;/q;;;;+2/p-2. The number of hydrogen-bond donors (Lipinski definition) is 0. The summed E-state index contributed by atoms with van der Waals surface area (Å²) < 4.78 is 2.56. The van der Waals surface area contributed by atoms with Gasteiger partial charge in [0.25, 0.3) is 0 Å². The maximum atomic E-state index is 2.66. The van der Waals surface area contributed by atoms with Crippen LogP contribution in [0.5, 0.6) is 0 Å². The molecule has 1 atom stereocenters. The molecule has 0 bridgehead atoms. The van der Waals surface area contributed by atoms with Gasteiger partial charge in [-0.05, 0) is 0 Å². The molecule has 2 aromatic carbocycles. The largest absolute Gasteiger partial charge is 1.00 e. The van der Waals surface area contributed by atoms with Gasteiger partial charge in [-0.15, -0.1) is 0 Å². The van der Waals surface area contributed by atoms with Gasteiger partial charge < -0.3 is 24.8 Å². The Morgan fingerprint density at radius 2 is 1.63 bits per heavy atom. The molecule has 1 unspecified atom stereocenters. The first kappa shape index (κ1) is 21.5. The third-order valence-corrected chi connectivity index (χ3v) is 30.8. The van der Waals surface area contributed by atoms with Crippen molar-refractivity contribution in [1.82, 2.24) is 0 Å². The van der Waals surface area contributed by atoms with Crippen LogP contribution in [0.2, 0.25) is 26.2 Å². The van der Waals surface area contributed by atoms with Crippen LogP contribution in [-0.4, -0.2) is 15.2 Å². The smallest absolute Gasteiger partial charge is 1.00 e. The quantitative estimate of drug-likeness (QED) is 0.377. The van der Waals surface area contributed by atoms with Crippen LogP contribution >= 0.6 is 0 Å². The van der Waals surface area contributed by atoms with Gasteiger partial charge in [-0.1, -0.05) is 0 Å². The zero-order valence-corrected chi connectivity index (χ0v) is 23.3. The van der Waals surface area contributed by atoms with Crippen molar-refractivity contribution < 1.29 is 47.7 Å². The van der Waals surface area contributed by atoms with Gasteiger partial charge in [-0.2, -0.15) is 0 Å². The minimum Gasteiger partial charge on any atom is -1.00 e. The van der Waals surface area contributed by atoms with Crippen LogP contribution in [0, 0.1) is 0 Å². The SMILES string of the molecule is C[Si]1(C)c2ccc3c(c2[Si]1(C)C)[CH]([Hf+2][C]1=CC=CC1)c1ccccc1-3.[Cl-].[Cl-]. The molecule has 0 nitrogen and oxygen atoms in total. The van der Waals surface area contributed by atoms with Gasteiger partial charge in [0.1, 0.15) is 0 Å². The predicted octanol–water partition coefficient (Wildman–Crippen LogP) is -1.39. The second kappa shape index (κ2) is 7.25. The fourth-order valence-corrected chi connectivity index (χ4v) is 22.0. The van der Waals surface area contributed by atoms with E-state index in [0.29, 0.717) is 0 Å². The molecule has 0 spiro atoms. The van der Waals surface area contributed by atoms with E-state index < -0.39 is 38.1 Å². The van der Waals surface area contributed by atoms with Crippen molar-refractivity contribution in [2.24, 2.45) is 0 Å². The average molecular weight is 594 g/mol. The monoisotopic (exact) mass is 594 g/mol. The molecular weight excluding hydrogens is 570 g/mol. The number of fused-ring (bicyclic) bond motifs is 5. The van der Waals surface area contributed by atoms with Crippen molar-refractivity contribution in [2.45, 2.75) is 36.3 Å². The first-order chi connectivity index (χ1) is 11.9. The van der Waals surface area contributed by atoms with Crippen molar-refractivity contribution in [3.05, 3.63) is 69.1 Å². The molecule has 5 heteroatoms. The van der Waals surface area contributed by atoms with Crippen molar-refractivity contribution in [3.63, 3.8) is 0 Å². The average Bonchev–Trinajstić information content (AvgIpc) is 3.21. The van der Waals surface area contributed by atoms with Crippen LogP contribution in [0.4, 0.5) is 0 Å². The molecule has 0 radical (unpaired) electrons. The zero-order chi connectivity index (χ0) is 17.4. The summed E-state index contributed by atoms with van der Waals surface area (Å²) in [5.41, 5.74) is 6.58. The second-order valence-electron chi connectivity index (χ2n) is 8.69. The van der Waals surface area contributed by atoms with Crippen molar-refractivity contribution in [2.75, 3.05) is 0 Å². The van der Waals surface area contributed by atoms with Crippen molar-refractivity contribution in [1.29, 1.82) is 0 Å². The summed E-state index contributed by atoms with van der Waals surface area (Å²) in [6.45, 7) is 10.6. The summed E-state index contributed by atoms with van der Waals surface area (Å²) in [6.07, 6.45) is 8.29. The molecule has 0 saturated heterocycles. The van der Waals surface area contributed by atoms with Gasteiger partial charge >= 0.3 is 165 Å². The van der Waals surface area contributed by atoms with Crippen LogP contribution in [0.15, 0.2) is 58.0 Å². The molecule has 5 rings (SSSR count). The van der Waals surface area contributed by atoms with Gasteiger partial charge in [0.05, 0.1) is 0 Å². The number of allylic oxidation sites excluding steroid dienone is 4. The van der Waals surface area contributed by atoms with Crippen molar-refractivity contribution >= 4 is 25.6 Å². The molecule has 3 aliphatic rings. The molecular formula is C22H24Cl2HfSi2. The Bertz CT molecular complexity index is 976. The summed E-state index contributed by atoms with van der Waals surface area (Å²) >= 11 is -0.905. The molecule has 0 N–H and O–H groups in total. The summed E-state index contributed by atoms with van der Waals surface area (Å²) in [5.74, 6) is 0. The van der Waals surface area contributed by atoms with E-state index in [4.69, 9.17) is 0 Å². The molecule has 1 aliphatic heterocycles. The van der Waals surface area contributed by atoms with Crippen LogP contribution in [-0.2, 0) is 22.9 Å². The van der Waals surface area contributed by atoms with E-state index in [2.05, 4.69) is 80.8 Å². The Balaban J connectivity index is 0.00000105. The molecule has 0 saturated carbocycles. The molecule has 2 aromatic rings. The molecule has 0 amide bonds. The zero-order valence-electron chi connectivity index (χ0n) is 16.2. The van der Waals surface area contributed by atoms with Gasteiger partial charge in [0, 0.05) is 0 Å². The Kier molecular flexibility index (Phi) is 5.77. The van der Waals surface area contributed by atoms with E-state index in [0.717, 1.165) is 3.67 Å². The normalized spacial score (nSPS) is 21.5. The van der Waals surface area contributed by atoms with Gasteiger partial charge in [-0.25, -0.2) is 0 Å². The first-order valence-corrected chi connectivity index (χ1v) is 20.2. The van der Waals surface area contributed by atoms with E-state index >= 15 is 0 Å². The second-order valence-corrected chi connectivity index (χ2v) is 29.1. The number of rotatable bonds is 2. The Morgan fingerprint density at radius 3 is 2.33 bits per heavy atom. The molecule has 138 valence electrons. The summed E-state index contributed by atoms with van der Waals surface area (Å²) in [6, 6.07) is 14.3. The molecule has 1 heterocycles. The molecule has 27 heavy (non-hydrogen) atoms. The van der Waals surface area contributed by atoms with E-state index in [-0.39, 0.29) is 24.8 Å². The number of benzene rings is 2. The van der Waals surface area contributed by atoms with Gasteiger partial charge in [-0.3, -0.25) is 0 Å². The fourth-order valence-electron chi connectivity index (χ4n) is 4.97. The maximum Gasteiger partial charge on any atom is -1.00 e.